The van der Waals surface area contributed by atoms with E-state index in [9.17, 15) is 9.59 Å². The summed E-state index contributed by atoms with van der Waals surface area (Å²) in [5.41, 5.74) is 2.62. The third-order valence-electron chi connectivity index (χ3n) is 5.62. The number of hydrogen-bond acceptors (Lipinski definition) is 3. The minimum atomic E-state index is -0.105. The number of amides is 1. The summed E-state index contributed by atoms with van der Waals surface area (Å²) < 4.78 is 0. The minimum absolute atomic E-state index is 0.105. The first-order valence-electron chi connectivity index (χ1n) is 9.76. The number of carbonyl (C=O) groups excluding carboxylic acids is 1. The Balaban J connectivity index is 1.44. The van der Waals surface area contributed by atoms with Crippen molar-refractivity contribution in [3.8, 4) is 0 Å². The van der Waals surface area contributed by atoms with Crippen LogP contribution in [0.5, 0.6) is 0 Å². The smallest absolute Gasteiger partial charge is 0.251 e. The topological polar surface area (TPSA) is 56.4 Å². The van der Waals surface area contributed by atoms with Gasteiger partial charge in [0.2, 0.25) is 5.91 Å². The number of rotatable bonds is 4. The number of hydrogen-bond donors (Lipinski definition) is 1. The van der Waals surface area contributed by atoms with Crippen molar-refractivity contribution in [1.82, 2.24) is 14.8 Å². The lowest BCUT2D eigenvalue weighted by molar-refractivity contribution is -0.134. The van der Waals surface area contributed by atoms with E-state index in [-0.39, 0.29) is 17.5 Å². The molecule has 144 valence electrons. The van der Waals surface area contributed by atoms with Crippen molar-refractivity contribution in [2.45, 2.75) is 18.9 Å². The van der Waals surface area contributed by atoms with Gasteiger partial charge in [-0.1, -0.05) is 48.5 Å². The van der Waals surface area contributed by atoms with Crippen LogP contribution in [0.3, 0.4) is 0 Å². The lowest BCUT2D eigenvalue weighted by Gasteiger charge is -2.39. The maximum atomic E-state index is 12.8. The molecule has 4 rings (SSSR count). The second-order valence-corrected chi connectivity index (χ2v) is 7.46. The Kier molecular flexibility index (Phi) is 5.26. The number of pyridine rings is 1. The lowest BCUT2D eigenvalue weighted by Crippen LogP contribution is -2.49. The number of likely N-dealkylation sites (N-methyl/N-ethyl adjacent to an activating group) is 1. The first-order chi connectivity index (χ1) is 13.6. The van der Waals surface area contributed by atoms with Crippen molar-refractivity contribution in [3.63, 3.8) is 0 Å². The fourth-order valence-corrected chi connectivity index (χ4v) is 3.91. The second-order valence-electron chi connectivity index (χ2n) is 7.46. The molecule has 5 nitrogen and oxygen atoms in total. The molecule has 3 aromatic rings. The third-order valence-corrected chi connectivity index (χ3v) is 5.62. The average molecular weight is 375 g/mol. The second kappa shape index (κ2) is 7.98. The number of H-pyrrole nitrogens is 1. The average Bonchev–Trinajstić information content (AvgIpc) is 2.73. The van der Waals surface area contributed by atoms with Crippen molar-refractivity contribution >= 4 is 16.8 Å². The standard InChI is InChI=1S/C23H25N3O2/c1-25-13-14-26(16-21(25)17-7-3-2-4-8-17)22(27)12-11-19-15-18-9-5-6-10-20(18)24-23(19)28/h2-10,15,21H,11-14,16H2,1H3,(H,24,28). The van der Waals surface area contributed by atoms with Gasteiger partial charge in [0.25, 0.3) is 5.56 Å². The zero-order valence-corrected chi connectivity index (χ0v) is 16.1. The quantitative estimate of drug-likeness (QED) is 0.763. The normalized spacial score (nSPS) is 17.8. The van der Waals surface area contributed by atoms with E-state index in [1.807, 2.05) is 53.4 Å². The molecule has 2 aromatic carbocycles. The summed E-state index contributed by atoms with van der Waals surface area (Å²) >= 11 is 0. The largest absolute Gasteiger partial charge is 0.339 e. The highest BCUT2D eigenvalue weighted by Gasteiger charge is 2.28. The Labute approximate surface area is 164 Å². The summed E-state index contributed by atoms with van der Waals surface area (Å²) in [6, 6.07) is 20.1. The van der Waals surface area contributed by atoms with E-state index in [1.165, 1.54) is 5.56 Å². The molecule has 0 saturated carbocycles. The van der Waals surface area contributed by atoms with E-state index in [4.69, 9.17) is 0 Å². The molecule has 0 bridgehead atoms. The Morgan fingerprint density at radius 2 is 1.82 bits per heavy atom. The van der Waals surface area contributed by atoms with Crippen LogP contribution in [0.1, 0.15) is 23.6 Å². The van der Waals surface area contributed by atoms with Gasteiger partial charge in [0.1, 0.15) is 0 Å². The van der Waals surface area contributed by atoms with E-state index in [0.717, 1.165) is 24.0 Å². The fraction of sp³-hybridized carbons (Fsp3) is 0.304. The Morgan fingerprint density at radius 1 is 1.07 bits per heavy atom. The molecule has 1 amide bonds. The van der Waals surface area contributed by atoms with E-state index >= 15 is 0 Å². The number of aromatic amines is 1. The maximum Gasteiger partial charge on any atom is 0.251 e. The highest BCUT2D eigenvalue weighted by Crippen LogP contribution is 2.24. The van der Waals surface area contributed by atoms with Gasteiger partial charge in [-0.05, 0) is 36.6 Å². The van der Waals surface area contributed by atoms with Gasteiger partial charge in [-0.2, -0.15) is 0 Å². The summed E-state index contributed by atoms with van der Waals surface area (Å²) in [5.74, 6) is 0.113. The van der Waals surface area contributed by atoms with Gasteiger partial charge in [0.15, 0.2) is 0 Å². The van der Waals surface area contributed by atoms with Crippen molar-refractivity contribution in [2.75, 3.05) is 26.7 Å². The van der Waals surface area contributed by atoms with Crippen LogP contribution in [0, 0.1) is 0 Å². The Hall–Kier alpha value is -2.92. The molecule has 28 heavy (non-hydrogen) atoms. The molecule has 1 fully saturated rings. The lowest BCUT2D eigenvalue weighted by atomic mass is 10.0. The maximum absolute atomic E-state index is 12.8. The van der Waals surface area contributed by atoms with Gasteiger partial charge >= 0.3 is 0 Å². The molecule has 0 spiro atoms. The zero-order valence-electron chi connectivity index (χ0n) is 16.1. The molecule has 0 radical (unpaired) electrons. The number of carbonyl (C=O) groups is 1. The van der Waals surface area contributed by atoms with Crippen LogP contribution in [-0.2, 0) is 11.2 Å². The summed E-state index contributed by atoms with van der Waals surface area (Å²) in [4.78, 5) is 32.3. The van der Waals surface area contributed by atoms with Gasteiger partial charge in [-0.15, -0.1) is 0 Å². The molecule has 1 aliphatic heterocycles. The first kappa shape index (κ1) is 18.4. The van der Waals surface area contributed by atoms with Gasteiger partial charge in [0.05, 0.1) is 6.04 Å². The molecule has 0 aliphatic carbocycles. The SMILES string of the molecule is CN1CCN(C(=O)CCc2cc3ccccc3[nH]c2=O)CC1c1ccccc1. The minimum Gasteiger partial charge on any atom is -0.339 e. The predicted molar refractivity (Wildman–Crippen MR) is 111 cm³/mol. The van der Waals surface area contributed by atoms with Crippen LogP contribution in [0.15, 0.2) is 65.5 Å². The number of aromatic nitrogens is 1. The molecule has 1 atom stereocenters. The molecule has 2 heterocycles. The Morgan fingerprint density at radius 3 is 2.64 bits per heavy atom. The van der Waals surface area contributed by atoms with E-state index < -0.39 is 0 Å². The number of para-hydroxylation sites is 1. The van der Waals surface area contributed by atoms with Gasteiger partial charge in [0, 0.05) is 37.1 Å². The molecule has 1 aliphatic rings. The molecule has 1 aromatic heterocycles. The van der Waals surface area contributed by atoms with Crippen molar-refractivity contribution in [1.29, 1.82) is 0 Å². The van der Waals surface area contributed by atoms with Crippen LogP contribution in [0.2, 0.25) is 0 Å². The fourth-order valence-electron chi connectivity index (χ4n) is 3.91. The summed E-state index contributed by atoms with van der Waals surface area (Å²) in [7, 11) is 2.11. The first-order valence-corrected chi connectivity index (χ1v) is 9.76. The van der Waals surface area contributed by atoms with E-state index in [1.54, 1.807) is 0 Å². The van der Waals surface area contributed by atoms with Crippen molar-refractivity contribution < 1.29 is 4.79 Å². The number of nitrogens with one attached hydrogen (secondary N) is 1. The van der Waals surface area contributed by atoms with Crippen LogP contribution >= 0.6 is 0 Å². The molecule has 1 N–H and O–H groups in total. The molecule has 1 saturated heterocycles. The van der Waals surface area contributed by atoms with Gasteiger partial charge < -0.3 is 9.88 Å². The number of benzene rings is 2. The number of nitrogens with zero attached hydrogens (tertiary/aromatic N) is 2. The van der Waals surface area contributed by atoms with Crippen LogP contribution < -0.4 is 5.56 Å². The van der Waals surface area contributed by atoms with Crippen LogP contribution in [-0.4, -0.2) is 47.4 Å². The zero-order chi connectivity index (χ0) is 19.5. The Bertz CT molecular complexity index is 1030. The summed E-state index contributed by atoms with van der Waals surface area (Å²) in [6.45, 7) is 2.27. The third kappa shape index (κ3) is 3.85. The van der Waals surface area contributed by atoms with E-state index in [2.05, 4.69) is 29.1 Å². The highest BCUT2D eigenvalue weighted by molar-refractivity contribution is 5.79. The number of aryl methyl sites for hydroxylation is 1. The number of fused-ring (bicyclic) bond motifs is 1. The molecule has 1 unspecified atom stereocenters. The number of piperazine rings is 1. The molecular formula is C23H25N3O2. The van der Waals surface area contributed by atoms with Crippen molar-refractivity contribution in [2.24, 2.45) is 0 Å². The van der Waals surface area contributed by atoms with Crippen LogP contribution in [0.4, 0.5) is 0 Å². The van der Waals surface area contributed by atoms with E-state index in [0.29, 0.717) is 24.9 Å². The van der Waals surface area contributed by atoms with Crippen molar-refractivity contribution in [3.05, 3.63) is 82.1 Å². The van der Waals surface area contributed by atoms with Crippen LogP contribution in [0.25, 0.3) is 10.9 Å². The van der Waals surface area contributed by atoms with Gasteiger partial charge in [-0.3, -0.25) is 14.5 Å². The highest BCUT2D eigenvalue weighted by atomic mass is 16.2. The van der Waals surface area contributed by atoms with Gasteiger partial charge in [-0.25, -0.2) is 0 Å². The summed E-state index contributed by atoms with van der Waals surface area (Å²) in [6.07, 6.45) is 0.813. The monoisotopic (exact) mass is 375 g/mol. The molecule has 5 heteroatoms. The summed E-state index contributed by atoms with van der Waals surface area (Å²) in [5, 5.41) is 0.994. The predicted octanol–water partition coefficient (Wildman–Crippen LogP) is 2.98. The molecular weight excluding hydrogens is 350 g/mol.